The smallest absolute Gasteiger partial charge is 0.382 e. The molecule has 1 aromatic heterocycles. The van der Waals surface area contributed by atoms with E-state index >= 15 is 0 Å². The monoisotopic (exact) mass is 324 g/mol. The van der Waals surface area contributed by atoms with Crippen LogP contribution in [0, 0.1) is 10.1 Å². The zero-order chi connectivity index (χ0) is 17.1. The second-order valence-electron chi connectivity index (χ2n) is 5.45. The van der Waals surface area contributed by atoms with Crippen molar-refractivity contribution in [3.8, 4) is 0 Å². The SMILES string of the molecule is COC(=O)[C@@H]([C@H](c1ccccc1)c1cc2ccccc2[nH]1)[N+](=O)[O-]. The number of H-pyrrole nitrogens is 1. The van der Waals surface area contributed by atoms with Crippen molar-refractivity contribution in [2.75, 3.05) is 7.11 Å². The lowest BCUT2D eigenvalue weighted by Crippen LogP contribution is -2.37. The van der Waals surface area contributed by atoms with Gasteiger partial charge in [0.25, 0.3) is 0 Å². The number of fused-ring (bicyclic) bond motifs is 1. The Bertz CT molecular complexity index is 840. The number of benzene rings is 2. The molecular formula is C18H16N2O4. The lowest BCUT2D eigenvalue weighted by Gasteiger charge is -2.18. The van der Waals surface area contributed by atoms with Gasteiger partial charge in [0.05, 0.1) is 7.11 Å². The van der Waals surface area contributed by atoms with Gasteiger partial charge < -0.3 is 9.72 Å². The molecule has 6 nitrogen and oxygen atoms in total. The topological polar surface area (TPSA) is 85.2 Å². The molecule has 0 saturated carbocycles. The second-order valence-corrected chi connectivity index (χ2v) is 5.45. The van der Waals surface area contributed by atoms with Gasteiger partial charge in [0, 0.05) is 16.1 Å². The fourth-order valence-corrected chi connectivity index (χ4v) is 2.92. The summed E-state index contributed by atoms with van der Waals surface area (Å²) < 4.78 is 4.68. The molecule has 0 fully saturated rings. The number of methoxy groups -OCH3 is 1. The lowest BCUT2D eigenvalue weighted by atomic mass is 9.88. The van der Waals surface area contributed by atoms with Gasteiger partial charge in [-0.05, 0) is 23.1 Å². The van der Waals surface area contributed by atoms with Gasteiger partial charge in [-0.25, -0.2) is 4.79 Å². The number of rotatable bonds is 5. The largest absolute Gasteiger partial charge is 0.464 e. The molecule has 0 radical (unpaired) electrons. The maximum absolute atomic E-state index is 12.1. The number of para-hydroxylation sites is 1. The van der Waals surface area contributed by atoms with Gasteiger partial charge in [0.15, 0.2) is 0 Å². The Morgan fingerprint density at radius 1 is 1.12 bits per heavy atom. The number of carbonyl (C=O) groups excluding carboxylic acids is 1. The molecule has 0 aliphatic rings. The van der Waals surface area contributed by atoms with Crippen LogP contribution in [0.2, 0.25) is 0 Å². The predicted molar refractivity (Wildman–Crippen MR) is 89.4 cm³/mol. The number of nitrogens with zero attached hydrogens (tertiary/aromatic N) is 1. The zero-order valence-electron chi connectivity index (χ0n) is 13.0. The highest BCUT2D eigenvalue weighted by atomic mass is 16.6. The molecule has 2 atom stereocenters. The molecule has 122 valence electrons. The summed E-state index contributed by atoms with van der Waals surface area (Å²) in [6, 6.07) is 16.8. The van der Waals surface area contributed by atoms with Crippen molar-refractivity contribution in [1.82, 2.24) is 4.98 Å². The van der Waals surface area contributed by atoms with Crippen LogP contribution >= 0.6 is 0 Å². The van der Waals surface area contributed by atoms with E-state index in [0.29, 0.717) is 11.3 Å². The summed E-state index contributed by atoms with van der Waals surface area (Å²) in [4.78, 5) is 26.3. The van der Waals surface area contributed by atoms with Crippen LogP contribution in [0.15, 0.2) is 60.7 Å². The summed E-state index contributed by atoms with van der Waals surface area (Å²) in [6.07, 6.45) is 0. The van der Waals surface area contributed by atoms with E-state index in [1.165, 1.54) is 0 Å². The van der Waals surface area contributed by atoms with Gasteiger partial charge in [0.1, 0.15) is 5.92 Å². The van der Waals surface area contributed by atoms with E-state index in [9.17, 15) is 14.9 Å². The van der Waals surface area contributed by atoms with Crippen LogP contribution < -0.4 is 0 Å². The van der Waals surface area contributed by atoms with Crippen LogP contribution in [0.3, 0.4) is 0 Å². The highest BCUT2D eigenvalue weighted by Gasteiger charge is 2.42. The first kappa shape index (κ1) is 15.7. The van der Waals surface area contributed by atoms with Crippen molar-refractivity contribution in [3.05, 3.63) is 82.0 Å². The number of hydrogen-bond donors (Lipinski definition) is 1. The minimum absolute atomic E-state index is 0.588. The molecule has 2 aromatic carbocycles. The van der Waals surface area contributed by atoms with Crippen LogP contribution in [0.1, 0.15) is 17.2 Å². The van der Waals surface area contributed by atoms with Crippen LogP contribution in [-0.2, 0) is 9.53 Å². The van der Waals surface area contributed by atoms with Gasteiger partial charge >= 0.3 is 12.0 Å². The van der Waals surface area contributed by atoms with E-state index < -0.39 is 22.9 Å². The lowest BCUT2D eigenvalue weighted by molar-refractivity contribution is -0.512. The van der Waals surface area contributed by atoms with E-state index in [1.807, 2.05) is 36.4 Å². The average molecular weight is 324 g/mol. The van der Waals surface area contributed by atoms with E-state index in [2.05, 4.69) is 9.72 Å². The molecule has 1 N–H and O–H groups in total. The van der Waals surface area contributed by atoms with Crippen LogP contribution in [0.25, 0.3) is 10.9 Å². The third-order valence-corrected chi connectivity index (χ3v) is 4.03. The molecule has 1 heterocycles. The molecule has 0 bridgehead atoms. The average Bonchev–Trinajstić information content (AvgIpc) is 3.02. The molecule has 0 saturated heterocycles. The van der Waals surface area contributed by atoms with Gasteiger partial charge in [-0.1, -0.05) is 48.5 Å². The first-order chi connectivity index (χ1) is 11.6. The highest BCUT2D eigenvalue weighted by Crippen LogP contribution is 2.32. The standard InChI is InChI=1S/C18H16N2O4/c1-24-18(21)17(20(22)23)16(12-7-3-2-4-8-12)15-11-13-9-5-6-10-14(13)19-15/h2-11,16-17,19H,1H3/t16-,17-/m1/s1. The fourth-order valence-electron chi connectivity index (χ4n) is 2.92. The van der Waals surface area contributed by atoms with Crippen molar-refractivity contribution in [3.63, 3.8) is 0 Å². The van der Waals surface area contributed by atoms with Gasteiger partial charge in [0.2, 0.25) is 0 Å². The molecule has 3 aromatic rings. The quantitative estimate of drug-likeness (QED) is 0.444. The Labute approximate surface area is 138 Å². The Balaban J connectivity index is 2.17. The Morgan fingerprint density at radius 3 is 2.42 bits per heavy atom. The summed E-state index contributed by atoms with van der Waals surface area (Å²) in [5.41, 5.74) is 2.14. The minimum atomic E-state index is -1.52. The number of hydrogen-bond acceptors (Lipinski definition) is 4. The normalized spacial score (nSPS) is 13.4. The van der Waals surface area contributed by atoms with Crippen molar-refractivity contribution in [2.45, 2.75) is 12.0 Å². The molecule has 6 heteroatoms. The molecule has 0 aliphatic heterocycles. The fraction of sp³-hybridized carbons (Fsp3) is 0.167. The summed E-state index contributed by atoms with van der Waals surface area (Å²) >= 11 is 0. The Morgan fingerprint density at radius 2 is 1.79 bits per heavy atom. The number of carbonyl (C=O) groups is 1. The van der Waals surface area contributed by atoms with Crippen molar-refractivity contribution >= 4 is 16.9 Å². The number of nitrogens with one attached hydrogen (secondary N) is 1. The predicted octanol–water partition coefficient (Wildman–Crippen LogP) is 3.12. The molecule has 0 unspecified atom stereocenters. The molecule has 0 aliphatic carbocycles. The number of aromatic nitrogens is 1. The summed E-state index contributed by atoms with van der Waals surface area (Å²) in [7, 11) is 1.16. The Kier molecular flexibility index (Phi) is 4.29. The van der Waals surface area contributed by atoms with Crippen LogP contribution in [0.4, 0.5) is 0 Å². The molecule has 24 heavy (non-hydrogen) atoms. The van der Waals surface area contributed by atoms with Crippen molar-refractivity contribution in [2.24, 2.45) is 0 Å². The number of esters is 1. The van der Waals surface area contributed by atoms with E-state index in [-0.39, 0.29) is 0 Å². The zero-order valence-corrected chi connectivity index (χ0v) is 13.0. The number of aromatic amines is 1. The Hall–Kier alpha value is -3.15. The summed E-state index contributed by atoms with van der Waals surface area (Å²) in [5.74, 6) is -1.63. The molecule has 3 rings (SSSR count). The van der Waals surface area contributed by atoms with Gasteiger partial charge in [-0.3, -0.25) is 10.1 Å². The molecular weight excluding hydrogens is 308 g/mol. The van der Waals surface area contributed by atoms with Gasteiger partial charge in [-0.2, -0.15) is 0 Å². The first-order valence-corrected chi connectivity index (χ1v) is 7.45. The summed E-state index contributed by atoms with van der Waals surface area (Å²) in [6.45, 7) is 0. The van der Waals surface area contributed by atoms with E-state index in [1.54, 1.807) is 24.3 Å². The minimum Gasteiger partial charge on any atom is -0.464 e. The van der Waals surface area contributed by atoms with Crippen LogP contribution in [0.5, 0.6) is 0 Å². The number of nitro groups is 1. The molecule has 0 amide bonds. The molecule has 0 spiro atoms. The van der Waals surface area contributed by atoms with Crippen molar-refractivity contribution in [1.29, 1.82) is 0 Å². The third-order valence-electron chi connectivity index (χ3n) is 4.03. The van der Waals surface area contributed by atoms with Gasteiger partial charge in [-0.15, -0.1) is 0 Å². The second kappa shape index (κ2) is 6.54. The van der Waals surface area contributed by atoms with Crippen LogP contribution in [-0.4, -0.2) is 29.0 Å². The summed E-state index contributed by atoms with van der Waals surface area (Å²) in [5, 5.41) is 12.5. The highest BCUT2D eigenvalue weighted by molar-refractivity contribution is 5.82. The maximum atomic E-state index is 12.1. The third kappa shape index (κ3) is 2.86. The maximum Gasteiger partial charge on any atom is 0.382 e. The first-order valence-electron chi connectivity index (χ1n) is 7.45. The van der Waals surface area contributed by atoms with E-state index in [0.717, 1.165) is 18.0 Å². The van der Waals surface area contributed by atoms with Crippen molar-refractivity contribution < 1.29 is 14.5 Å². The number of ether oxygens (including phenoxy) is 1. The van der Waals surface area contributed by atoms with E-state index in [4.69, 9.17) is 0 Å².